The van der Waals surface area contributed by atoms with E-state index in [-0.39, 0.29) is 0 Å². The molecule has 0 bridgehead atoms. The van der Waals surface area contributed by atoms with Gasteiger partial charge < -0.3 is 16.2 Å². The highest BCUT2D eigenvalue weighted by atomic mass is 16.5. The van der Waals surface area contributed by atoms with Crippen LogP contribution in [0.2, 0.25) is 0 Å². The van der Waals surface area contributed by atoms with Crippen LogP contribution >= 0.6 is 0 Å². The van der Waals surface area contributed by atoms with Gasteiger partial charge in [-0.2, -0.15) is 4.98 Å². The van der Waals surface area contributed by atoms with Crippen molar-refractivity contribution in [2.75, 3.05) is 18.1 Å². The third kappa shape index (κ3) is 3.12. The number of rotatable bonds is 4. The molecule has 0 spiro atoms. The number of nitrogens with two attached hydrogens (primary N) is 2. The van der Waals surface area contributed by atoms with Crippen LogP contribution in [0.1, 0.15) is 20.3 Å². The van der Waals surface area contributed by atoms with E-state index in [1.807, 2.05) is 0 Å². The van der Waals surface area contributed by atoms with Crippen molar-refractivity contribution in [3.05, 3.63) is 12.1 Å². The van der Waals surface area contributed by atoms with Crippen molar-refractivity contribution in [2.45, 2.75) is 20.3 Å². The first-order valence-electron chi connectivity index (χ1n) is 4.74. The molecule has 0 amide bonds. The van der Waals surface area contributed by atoms with Gasteiger partial charge in [0, 0.05) is 6.07 Å². The number of hydrogen-bond acceptors (Lipinski definition) is 4. The summed E-state index contributed by atoms with van der Waals surface area (Å²) in [5, 5.41) is 0. The van der Waals surface area contributed by atoms with Crippen molar-refractivity contribution in [3.8, 4) is 5.88 Å². The summed E-state index contributed by atoms with van der Waals surface area (Å²) in [6, 6.07) is 3.43. The molecule has 0 saturated heterocycles. The second-order valence-electron chi connectivity index (χ2n) is 3.65. The second kappa shape index (κ2) is 4.69. The highest BCUT2D eigenvalue weighted by Gasteiger charge is 2.00. The maximum atomic E-state index is 5.54. The molecule has 0 saturated carbocycles. The Hall–Kier alpha value is -1.45. The van der Waals surface area contributed by atoms with Gasteiger partial charge in [0.1, 0.15) is 0 Å². The number of ether oxygens (including phenoxy) is 1. The normalized spacial score (nSPS) is 10.5. The van der Waals surface area contributed by atoms with Crippen LogP contribution in [-0.4, -0.2) is 11.6 Å². The Morgan fingerprint density at radius 3 is 2.64 bits per heavy atom. The van der Waals surface area contributed by atoms with Crippen LogP contribution in [0, 0.1) is 5.92 Å². The molecule has 1 rings (SSSR count). The Labute approximate surface area is 84.3 Å². The monoisotopic (exact) mass is 195 g/mol. The van der Waals surface area contributed by atoms with E-state index in [0.717, 1.165) is 6.42 Å². The summed E-state index contributed by atoms with van der Waals surface area (Å²) in [6.07, 6.45) is 1.01. The van der Waals surface area contributed by atoms with E-state index >= 15 is 0 Å². The first-order valence-corrected chi connectivity index (χ1v) is 4.74. The van der Waals surface area contributed by atoms with E-state index in [9.17, 15) is 0 Å². The van der Waals surface area contributed by atoms with Crippen LogP contribution in [0.3, 0.4) is 0 Å². The zero-order chi connectivity index (χ0) is 10.6. The Balaban J connectivity index is 2.47. The third-order valence-electron chi connectivity index (χ3n) is 1.88. The Kier molecular flexibility index (Phi) is 3.56. The van der Waals surface area contributed by atoms with Gasteiger partial charge >= 0.3 is 0 Å². The number of nitrogens with zero attached hydrogens (tertiary/aromatic N) is 1. The van der Waals surface area contributed by atoms with Gasteiger partial charge in [-0.3, -0.25) is 0 Å². The molecule has 14 heavy (non-hydrogen) atoms. The van der Waals surface area contributed by atoms with E-state index in [1.54, 1.807) is 12.1 Å². The van der Waals surface area contributed by atoms with Crippen molar-refractivity contribution < 1.29 is 4.74 Å². The van der Waals surface area contributed by atoms with Crippen LogP contribution in [0.4, 0.5) is 11.5 Å². The van der Waals surface area contributed by atoms with E-state index in [2.05, 4.69) is 18.8 Å². The maximum absolute atomic E-state index is 5.54. The smallest absolute Gasteiger partial charge is 0.215 e. The third-order valence-corrected chi connectivity index (χ3v) is 1.88. The van der Waals surface area contributed by atoms with Gasteiger partial charge in [-0.05, 0) is 18.4 Å². The summed E-state index contributed by atoms with van der Waals surface area (Å²) in [5.74, 6) is 1.49. The SMILES string of the molecule is CC(C)CCOc1ccc(N)c(N)n1. The summed E-state index contributed by atoms with van der Waals surface area (Å²) in [7, 11) is 0. The predicted molar refractivity (Wildman–Crippen MR) is 58.0 cm³/mol. The number of anilines is 2. The first-order chi connectivity index (χ1) is 6.59. The number of pyridine rings is 1. The lowest BCUT2D eigenvalue weighted by atomic mass is 10.1. The topological polar surface area (TPSA) is 74.2 Å². The minimum absolute atomic E-state index is 0.326. The molecule has 0 unspecified atom stereocenters. The lowest BCUT2D eigenvalue weighted by Crippen LogP contribution is -2.04. The second-order valence-corrected chi connectivity index (χ2v) is 3.65. The first kappa shape index (κ1) is 10.6. The molecule has 0 fully saturated rings. The number of hydrogen-bond donors (Lipinski definition) is 2. The van der Waals surface area contributed by atoms with Gasteiger partial charge in [-0.1, -0.05) is 13.8 Å². The molecular formula is C10H17N3O. The fourth-order valence-electron chi connectivity index (χ4n) is 0.947. The standard InChI is InChI=1S/C10H17N3O/c1-7(2)5-6-14-9-4-3-8(11)10(12)13-9/h3-4,7H,5-6,11H2,1-2H3,(H2,12,13). The van der Waals surface area contributed by atoms with Crippen LogP contribution < -0.4 is 16.2 Å². The molecule has 1 aromatic rings. The van der Waals surface area contributed by atoms with Gasteiger partial charge in [0.2, 0.25) is 5.88 Å². The average Bonchev–Trinajstić information content (AvgIpc) is 2.10. The van der Waals surface area contributed by atoms with Gasteiger partial charge in [0.05, 0.1) is 12.3 Å². The molecule has 4 nitrogen and oxygen atoms in total. The maximum Gasteiger partial charge on any atom is 0.215 e. The Bertz CT molecular complexity index is 299. The molecule has 4 heteroatoms. The van der Waals surface area contributed by atoms with Crippen LogP contribution in [0.15, 0.2) is 12.1 Å². The van der Waals surface area contributed by atoms with Crippen molar-refractivity contribution >= 4 is 11.5 Å². The molecule has 0 aliphatic carbocycles. The largest absolute Gasteiger partial charge is 0.478 e. The van der Waals surface area contributed by atoms with Gasteiger partial charge in [0.15, 0.2) is 5.82 Å². The zero-order valence-electron chi connectivity index (χ0n) is 8.66. The van der Waals surface area contributed by atoms with Crippen molar-refractivity contribution in [1.82, 2.24) is 4.98 Å². The molecule has 1 heterocycles. The van der Waals surface area contributed by atoms with Gasteiger partial charge in [-0.25, -0.2) is 0 Å². The number of nitrogen functional groups attached to an aromatic ring is 2. The molecule has 0 aliphatic rings. The molecule has 78 valence electrons. The highest BCUT2D eigenvalue weighted by Crippen LogP contribution is 2.16. The Morgan fingerprint density at radius 2 is 2.07 bits per heavy atom. The molecule has 1 aromatic heterocycles. The van der Waals surface area contributed by atoms with E-state index in [4.69, 9.17) is 16.2 Å². The lowest BCUT2D eigenvalue weighted by Gasteiger charge is -2.08. The summed E-state index contributed by atoms with van der Waals surface area (Å²) < 4.78 is 5.41. The van der Waals surface area contributed by atoms with Crippen molar-refractivity contribution in [3.63, 3.8) is 0 Å². The highest BCUT2D eigenvalue weighted by molar-refractivity contribution is 5.58. The average molecular weight is 195 g/mol. The molecule has 4 N–H and O–H groups in total. The molecule has 0 aromatic carbocycles. The minimum Gasteiger partial charge on any atom is -0.478 e. The van der Waals surface area contributed by atoms with E-state index < -0.39 is 0 Å². The van der Waals surface area contributed by atoms with Gasteiger partial charge in [-0.15, -0.1) is 0 Å². The molecule has 0 aliphatic heterocycles. The van der Waals surface area contributed by atoms with Crippen molar-refractivity contribution in [1.29, 1.82) is 0 Å². The fourth-order valence-corrected chi connectivity index (χ4v) is 0.947. The molecule has 0 radical (unpaired) electrons. The Morgan fingerprint density at radius 1 is 1.36 bits per heavy atom. The van der Waals surface area contributed by atoms with Crippen LogP contribution in [0.25, 0.3) is 0 Å². The van der Waals surface area contributed by atoms with Gasteiger partial charge in [0.25, 0.3) is 0 Å². The summed E-state index contributed by atoms with van der Waals surface area (Å²) in [6.45, 7) is 4.95. The van der Waals surface area contributed by atoms with Crippen LogP contribution in [-0.2, 0) is 0 Å². The number of aromatic nitrogens is 1. The predicted octanol–water partition coefficient (Wildman–Crippen LogP) is 1.67. The summed E-state index contributed by atoms with van der Waals surface area (Å²) >= 11 is 0. The minimum atomic E-state index is 0.326. The summed E-state index contributed by atoms with van der Waals surface area (Å²) in [5.41, 5.74) is 11.5. The summed E-state index contributed by atoms with van der Waals surface area (Å²) in [4.78, 5) is 4.00. The van der Waals surface area contributed by atoms with Crippen LogP contribution in [0.5, 0.6) is 5.88 Å². The quantitative estimate of drug-likeness (QED) is 0.766. The lowest BCUT2D eigenvalue weighted by molar-refractivity contribution is 0.280. The zero-order valence-corrected chi connectivity index (χ0v) is 8.66. The van der Waals surface area contributed by atoms with E-state index in [1.165, 1.54) is 0 Å². The molecule has 0 atom stereocenters. The fraction of sp³-hybridized carbons (Fsp3) is 0.500. The molecular weight excluding hydrogens is 178 g/mol. The van der Waals surface area contributed by atoms with Crippen molar-refractivity contribution in [2.24, 2.45) is 5.92 Å². The van der Waals surface area contributed by atoms with E-state index in [0.29, 0.717) is 29.9 Å².